The van der Waals surface area contributed by atoms with Crippen molar-refractivity contribution < 1.29 is 15.6 Å². The summed E-state index contributed by atoms with van der Waals surface area (Å²) in [6.07, 6.45) is 5.68. The van der Waals surface area contributed by atoms with Crippen molar-refractivity contribution in [2.75, 3.05) is 0 Å². The van der Waals surface area contributed by atoms with Gasteiger partial charge in [-0.05, 0) is 25.7 Å². The van der Waals surface area contributed by atoms with E-state index >= 15 is 0 Å². The van der Waals surface area contributed by atoms with Crippen molar-refractivity contribution in [1.29, 1.82) is 0 Å². The first-order valence-corrected chi connectivity index (χ1v) is 5.14. The summed E-state index contributed by atoms with van der Waals surface area (Å²) in [4.78, 5) is 11.3. The van der Waals surface area contributed by atoms with Crippen molar-refractivity contribution in [2.24, 2.45) is 0 Å². The first-order chi connectivity index (χ1) is 7.75. The second-order valence-electron chi connectivity index (χ2n) is 3.56. The number of aromatic amines is 1. The summed E-state index contributed by atoms with van der Waals surface area (Å²) in [7, 11) is 0. The third kappa shape index (κ3) is 2.97. The number of carbonyl (C=O) groups is 1. The van der Waals surface area contributed by atoms with Crippen LogP contribution in [0.4, 0.5) is 4.79 Å². The van der Waals surface area contributed by atoms with Crippen LogP contribution in [0.25, 0.3) is 0 Å². The van der Waals surface area contributed by atoms with Gasteiger partial charge in [-0.3, -0.25) is 5.10 Å². The standard InChI is InChI=1S/C10H14N2O3/c13-10(15-9-6-7-11-12-9)14-8-4-2-1-3-5-8/h6-8H,1-5H2,(H,11,12)/i6D. The van der Waals surface area contributed by atoms with Crippen LogP contribution in [-0.4, -0.2) is 22.5 Å². The highest BCUT2D eigenvalue weighted by Crippen LogP contribution is 2.20. The Morgan fingerprint density at radius 1 is 1.53 bits per heavy atom. The van der Waals surface area contributed by atoms with Crippen LogP contribution in [0.5, 0.6) is 5.88 Å². The monoisotopic (exact) mass is 211 g/mol. The van der Waals surface area contributed by atoms with Gasteiger partial charge in [0.2, 0.25) is 5.88 Å². The van der Waals surface area contributed by atoms with E-state index < -0.39 is 6.16 Å². The van der Waals surface area contributed by atoms with E-state index in [9.17, 15) is 4.79 Å². The summed E-state index contributed by atoms with van der Waals surface area (Å²) in [5, 5.41) is 6.05. The summed E-state index contributed by atoms with van der Waals surface area (Å²) < 4.78 is 17.3. The fraction of sp³-hybridized carbons (Fsp3) is 0.600. The zero-order valence-corrected chi connectivity index (χ0v) is 8.36. The molecule has 0 atom stereocenters. The summed E-state index contributed by atoms with van der Waals surface area (Å²) in [6.45, 7) is 0. The van der Waals surface area contributed by atoms with Gasteiger partial charge in [0, 0.05) is 12.2 Å². The van der Waals surface area contributed by atoms with Crippen LogP contribution in [0.2, 0.25) is 0 Å². The number of hydrogen-bond acceptors (Lipinski definition) is 4. The van der Waals surface area contributed by atoms with Gasteiger partial charge < -0.3 is 9.47 Å². The highest BCUT2D eigenvalue weighted by molar-refractivity contribution is 5.63. The molecule has 0 saturated heterocycles. The second-order valence-corrected chi connectivity index (χ2v) is 3.56. The van der Waals surface area contributed by atoms with E-state index in [0.29, 0.717) is 0 Å². The quantitative estimate of drug-likeness (QED) is 0.762. The van der Waals surface area contributed by atoms with E-state index in [1.165, 1.54) is 12.6 Å². The molecule has 0 radical (unpaired) electrons. The Morgan fingerprint density at radius 2 is 2.33 bits per heavy atom. The SMILES string of the molecule is [2H]c1c[nH]nc1OC(=O)OC1CCCCC1. The summed E-state index contributed by atoms with van der Waals surface area (Å²) in [5.74, 6) is -0.0409. The lowest BCUT2D eigenvalue weighted by Gasteiger charge is -2.20. The molecule has 0 spiro atoms. The molecule has 0 bridgehead atoms. The number of nitrogens with one attached hydrogen (secondary N) is 1. The van der Waals surface area contributed by atoms with Crippen molar-refractivity contribution in [3.8, 4) is 5.88 Å². The number of hydrogen-bond donors (Lipinski definition) is 1. The zero-order valence-electron chi connectivity index (χ0n) is 9.36. The average molecular weight is 211 g/mol. The third-order valence-electron chi connectivity index (χ3n) is 2.42. The Kier molecular flexibility index (Phi) is 2.81. The van der Waals surface area contributed by atoms with E-state index in [0.717, 1.165) is 25.7 Å². The molecule has 1 N–H and O–H groups in total. The highest BCUT2D eigenvalue weighted by atomic mass is 16.7. The number of H-pyrrole nitrogens is 1. The number of rotatable bonds is 2. The van der Waals surface area contributed by atoms with Crippen molar-refractivity contribution >= 4 is 6.16 Å². The van der Waals surface area contributed by atoms with Gasteiger partial charge in [0.05, 0.1) is 1.37 Å². The largest absolute Gasteiger partial charge is 0.515 e. The molecule has 1 saturated carbocycles. The van der Waals surface area contributed by atoms with Gasteiger partial charge in [-0.1, -0.05) is 6.42 Å². The molecule has 82 valence electrons. The topological polar surface area (TPSA) is 64.2 Å². The molecule has 15 heavy (non-hydrogen) atoms. The Bertz CT molecular complexity index is 361. The lowest BCUT2D eigenvalue weighted by atomic mass is 9.98. The molecule has 1 aromatic heterocycles. The van der Waals surface area contributed by atoms with E-state index in [1.54, 1.807) is 0 Å². The smallest absolute Gasteiger partial charge is 0.431 e. The van der Waals surface area contributed by atoms with E-state index in [-0.39, 0.29) is 18.0 Å². The van der Waals surface area contributed by atoms with Crippen LogP contribution >= 0.6 is 0 Å². The molecule has 0 amide bonds. The molecule has 0 aliphatic heterocycles. The first kappa shape index (κ1) is 8.76. The van der Waals surface area contributed by atoms with Gasteiger partial charge in [0.1, 0.15) is 6.10 Å². The van der Waals surface area contributed by atoms with Gasteiger partial charge in [-0.25, -0.2) is 4.79 Å². The van der Waals surface area contributed by atoms with Crippen molar-refractivity contribution in [3.63, 3.8) is 0 Å². The van der Waals surface area contributed by atoms with Crippen molar-refractivity contribution in [2.45, 2.75) is 38.2 Å². The maximum Gasteiger partial charge on any atom is 0.515 e. The summed E-state index contributed by atoms with van der Waals surface area (Å²) in [5.41, 5.74) is 0. The van der Waals surface area contributed by atoms with Crippen LogP contribution in [0.3, 0.4) is 0 Å². The highest BCUT2D eigenvalue weighted by Gasteiger charge is 2.19. The zero-order chi connectivity index (χ0) is 11.4. The maximum absolute atomic E-state index is 11.3. The van der Waals surface area contributed by atoms with Gasteiger partial charge in [0.25, 0.3) is 0 Å². The lowest BCUT2D eigenvalue weighted by molar-refractivity contribution is 0.0407. The number of ether oxygens (including phenoxy) is 2. The number of nitrogens with zero attached hydrogens (tertiary/aromatic N) is 1. The molecule has 5 nitrogen and oxygen atoms in total. The van der Waals surface area contributed by atoms with Crippen LogP contribution in [0, 0.1) is 0 Å². The Balaban J connectivity index is 1.82. The van der Waals surface area contributed by atoms with E-state index in [1.807, 2.05) is 0 Å². The molecular formula is C10H14N2O3. The molecular weight excluding hydrogens is 196 g/mol. The van der Waals surface area contributed by atoms with Crippen LogP contribution < -0.4 is 4.74 Å². The van der Waals surface area contributed by atoms with Crippen molar-refractivity contribution in [1.82, 2.24) is 10.2 Å². The van der Waals surface area contributed by atoms with Crippen LogP contribution in [0.1, 0.15) is 33.5 Å². The molecule has 1 heterocycles. The first-order valence-electron chi connectivity index (χ1n) is 5.64. The van der Waals surface area contributed by atoms with E-state index in [4.69, 9.17) is 10.8 Å². The third-order valence-corrected chi connectivity index (χ3v) is 2.42. The van der Waals surface area contributed by atoms with Gasteiger partial charge in [0.15, 0.2) is 0 Å². The second kappa shape index (κ2) is 4.82. The van der Waals surface area contributed by atoms with Crippen LogP contribution in [-0.2, 0) is 4.74 Å². The summed E-state index contributed by atoms with van der Waals surface area (Å²) in [6, 6.07) is 0.0422. The normalized spacial score (nSPS) is 18.3. The van der Waals surface area contributed by atoms with Crippen molar-refractivity contribution in [3.05, 3.63) is 12.2 Å². The van der Waals surface area contributed by atoms with Crippen LogP contribution in [0.15, 0.2) is 12.2 Å². The number of carbonyl (C=O) groups excluding carboxylic acids is 1. The maximum atomic E-state index is 11.3. The van der Waals surface area contributed by atoms with Gasteiger partial charge in [-0.15, -0.1) is 5.10 Å². The predicted molar refractivity (Wildman–Crippen MR) is 52.6 cm³/mol. The minimum absolute atomic E-state index is 0.0409. The Labute approximate surface area is 89.2 Å². The van der Waals surface area contributed by atoms with E-state index in [2.05, 4.69) is 10.2 Å². The number of aromatic nitrogens is 2. The minimum Gasteiger partial charge on any atom is -0.431 e. The molecule has 1 aromatic rings. The fourth-order valence-corrected chi connectivity index (χ4v) is 1.69. The Hall–Kier alpha value is -1.52. The predicted octanol–water partition coefficient (Wildman–Crippen LogP) is 2.26. The lowest BCUT2D eigenvalue weighted by Crippen LogP contribution is -2.23. The molecule has 0 aromatic carbocycles. The minimum atomic E-state index is -0.771. The molecule has 5 heteroatoms. The molecule has 1 aliphatic carbocycles. The average Bonchev–Trinajstić information content (AvgIpc) is 2.66. The van der Waals surface area contributed by atoms with Gasteiger partial charge >= 0.3 is 6.16 Å². The molecule has 1 aliphatic rings. The molecule has 1 fully saturated rings. The van der Waals surface area contributed by atoms with Gasteiger partial charge in [-0.2, -0.15) is 0 Å². The Morgan fingerprint density at radius 3 is 3.00 bits per heavy atom. The summed E-state index contributed by atoms with van der Waals surface area (Å²) >= 11 is 0. The molecule has 2 rings (SSSR count). The molecule has 0 unspecified atom stereocenters. The fourth-order valence-electron chi connectivity index (χ4n) is 1.69.